The van der Waals surface area contributed by atoms with Crippen LogP contribution in [0.3, 0.4) is 0 Å². The maximum atomic E-state index is 14.1. The molecule has 672 valence electrons. The van der Waals surface area contributed by atoms with Crippen molar-refractivity contribution >= 4 is 124 Å². The first-order valence-corrected chi connectivity index (χ1v) is 43.3. The fourth-order valence-electron chi connectivity index (χ4n) is 11.7. The van der Waals surface area contributed by atoms with Crippen molar-refractivity contribution in [1.82, 2.24) is 63.8 Å². The van der Waals surface area contributed by atoms with Gasteiger partial charge in [0.25, 0.3) is 0 Å². The van der Waals surface area contributed by atoms with Gasteiger partial charge in [0.05, 0.1) is 78.1 Å². The molecule has 21 N–H and O–H groups in total. The van der Waals surface area contributed by atoms with Crippen LogP contribution in [0.5, 0.6) is 5.75 Å². The minimum Gasteiger partial charge on any atom is -0.508 e. The van der Waals surface area contributed by atoms with Crippen molar-refractivity contribution in [1.29, 1.82) is 0 Å². The zero-order valence-corrected chi connectivity index (χ0v) is 70.3. The van der Waals surface area contributed by atoms with E-state index in [4.69, 9.17) is 41.3 Å². The first-order valence-electron chi connectivity index (χ1n) is 41.0. The van der Waals surface area contributed by atoms with E-state index in [0.717, 1.165) is 74.9 Å². The number of ether oxygens (including phenoxy) is 4. The molecule has 0 radical (unpaired) electrons. The first-order chi connectivity index (χ1) is 57.0. The van der Waals surface area contributed by atoms with Crippen LogP contribution in [-0.2, 0) is 107 Å². The third-order valence-electron chi connectivity index (χ3n) is 18.6. The van der Waals surface area contributed by atoms with E-state index in [0.29, 0.717) is 37.8 Å². The Labute approximate surface area is 703 Å². The first kappa shape index (κ1) is 106. The Morgan fingerprint density at radius 3 is 1.60 bits per heavy atom. The summed E-state index contributed by atoms with van der Waals surface area (Å²) in [6, 6.07) is -4.14. The standard InChI is InChI=1S/C78H129N15O24S2/c1-3-52(2)71-77(111)90-55(29-30-61(79)95)74(108)91-58(46-62(80)96)75(109)92-60(49-118-44-20-23-67(101)88-57(76(110)93-71)45-53-25-27-54(94)28-26-53)73(107)86-48-68(102)89-59(72(106)85-47-63(81)97)50-119-51-69(103)84-35-39-117-43-41-115-37-32-65(99)83-34-38-116-42-40-114-36-31-64(98)82-33-19-18-21-56(78(112)113)87-66(100)22-16-14-12-10-8-6-4-5-7-9-11-13-15-17-24-70(104)105/h25-28,52,55-60,71,94H,3-24,29-51H2,1-2H3,(H2,79,95)(H2,80,96)(H2,81,97)(H,82,98)(H,83,99)(H,84,103)(H,85,106)(H,86,107)(H,87,100)(H,88,101)(H,89,102)(H,90,111)(H,91,108)(H,92,109)(H,93,110)(H,104,105)(H,112,113)/t52-,55-,56-,57-,58-,59-,60-,71-/m0/s1. The van der Waals surface area contributed by atoms with Gasteiger partial charge in [0.15, 0.2) is 0 Å². The Morgan fingerprint density at radius 1 is 0.513 bits per heavy atom. The van der Waals surface area contributed by atoms with Gasteiger partial charge in [0.1, 0.15) is 48.0 Å². The second kappa shape index (κ2) is 65.4. The van der Waals surface area contributed by atoms with Crippen LogP contribution in [-0.4, -0.2) is 267 Å². The lowest BCUT2D eigenvalue weighted by Crippen LogP contribution is -2.61. The molecule has 8 atom stereocenters. The van der Waals surface area contributed by atoms with Crippen LogP contribution in [0, 0.1) is 5.92 Å². The van der Waals surface area contributed by atoms with Crippen LogP contribution >= 0.6 is 23.5 Å². The number of hydrogen-bond acceptors (Lipinski definition) is 24. The van der Waals surface area contributed by atoms with E-state index in [1.807, 2.05) is 0 Å². The minimum absolute atomic E-state index is 0.0556. The monoisotopic (exact) mass is 1720 g/mol. The summed E-state index contributed by atoms with van der Waals surface area (Å²) < 4.78 is 21.9. The number of phenolic OH excluding ortho intramolecular Hbond substituents is 1. The smallest absolute Gasteiger partial charge is 0.326 e. The Kier molecular flexibility index (Phi) is 58.1. The highest BCUT2D eigenvalue weighted by atomic mass is 32.2. The third kappa shape index (κ3) is 54.4. The molecular weight excluding hydrogens is 1600 g/mol. The molecule has 0 spiro atoms. The molecule has 119 heavy (non-hydrogen) atoms. The number of thioether (sulfide) groups is 2. The number of carbonyl (C=O) groups is 17. The van der Waals surface area contributed by atoms with Gasteiger partial charge in [-0.1, -0.05) is 109 Å². The summed E-state index contributed by atoms with van der Waals surface area (Å²) in [7, 11) is 0. The highest BCUT2D eigenvalue weighted by molar-refractivity contribution is 8.00. The number of primary amides is 3. The largest absolute Gasteiger partial charge is 0.508 e. The van der Waals surface area contributed by atoms with E-state index >= 15 is 0 Å². The van der Waals surface area contributed by atoms with Gasteiger partial charge in [0, 0.05) is 76.1 Å². The van der Waals surface area contributed by atoms with E-state index in [2.05, 4.69) is 63.8 Å². The number of carboxylic acid groups (broad SMARTS) is 2. The van der Waals surface area contributed by atoms with Crippen molar-refractivity contribution < 1.29 is 116 Å². The lowest BCUT2D eigenvalue weighted by molar-refractivity contribution is -0.142. The van der Waals surface area contributed by atoms with Crippen LogP contribution in [0.15, 0.2) is 24.3 Å². The van der Waals surface area contributed by atoms with Crippen LogP contribution in [0.25, 0.3) is 0 Å². The molecule has 2 rings (SSSR count). The molecule has 1 aliphatic heterocycles. The van der Waals surface area contributed by atoms with Gasteiger partial charge in [-0.25, -0.2) is 4.79 Å². The molecule has 15 amide bonds. The predicted octanol–water partition coefficient (Wildman–Crippen LogP) is -0.731. The van der Waals surface area contributed by atoms with Gasteiger partial charge >= 0.3 is 11.9 Å². The molecule has 1 saturated heterocycles. The lowest BCUT2D eigenvalue weighted by atomic mass is 9.96. The molecule has 1 aromatic rings. The Balaban J connectivity index is 1.74. The second-order valence-corrected chi connectivity index (χ2v) is 30.9. The van der Waals surface area contributed by atoms with Gasteiger partial charge in [-0.15, -0.1) is 11.8 Å². The molecule has 41 heteroatoms. The molecule has 0 aromatic heterocycles. The number of aromatic hydroxyl groups is 1. The van der Waals surface area contributed by atoms with E-state index in [1.165, 1.54) is 56.4 Å². The predicted molar refractivity (Wildman–Crippen MR) is 441 cm³/mol. The van der Waals surface area contributed by atoms with Gasteiger partial charge in [-0.2, -0.15) is 11.8 Å². The minimum atomic E-state index is -1.81. The number of hydrogen-bond donors (Lipinski definition) is 18. The average molecular weight is 1730 g/mol. The molecule has 1 heterocycles. The molecule has 0 unspecified atom stereocenters. The SMILES string of the molecule is CC[C@H](C)[C@@H]1NC(=O)[C@H](Cc2ccc(O)cc2)NC(=O)CCCSC[C@@H](C(=O)NCC(=O)N[C@@H](CSCC(=O)NCCOCCOCCC(=O)NCCOCCOCCC(=O)NCCCC[C@H](NC(=O)CCCCCCCCCCCCCCCCC(=O)O)C(=O)O)C(=O)NCC(N)=O)NC(=O)[C@H](CC(N)=O)NC(=O)[C@H](CCC(N)=O)NC1=O. The quantitative estimate of drug-likeness (QED) is 0.0358. The molecular formula is C78H129N15O24S2. The van der Waals surface area contributed by atoms with Crippen molar-refractivity contribution in [2.75, 3.05) is 109 Å². The highest BCUT2D eigenvalue weighted by Gasteiger charge is 2.36. The summed E-state index contributed by atoms with van der Waals surface area (Å²) in [5.74, 6) is -14.5. The van der Waals surface area contributed by atoms with Gasteiger partial charge in [0.2, 0.25) is 88.6 Å². The molecule has 39 nitrogen and oxygen atoms in total. The Morgan fingerprint density at radius 2 is 1.04 bits per heavy atom. The molecule has 1 aliphatic rings. The Hall–Kier alpha value is -9.45. The number of benzene rings is 1. The number of nitrogens with two attached hydrogens (primary N) is 3. The van der Waals surface area contributed by atoms with Crippen LogP contribution in [0.1, 0.15) is 193 Å². The maximum absolute atomic E-state index is 14.1. The number of phenols is 1. The molecule has 0 aliphatic carbocycles. The fourth-order valence-corrected chi connectivity index (χ4v) is 13.6. The summed E-state index contributed by atoms with van der Waals surface area (Å²) in [6.07, 6.45) is 15.4. The second-order valence-electron chi connectivity index (χ2n) is 28.7. The third-order valence-corrected chi connectivity index (χ3v) is 20.7. The number of aliphatic carboxylic acids is 2. The number of unbranched alkanes of at least 4 members (excludes halogenated alkanes) is 14. The van der Waals surface area contributed by atoms with E-state index in [9.17, 15) is 91.7 Å². The van der Waals surface area contributed by atoms with Crippen molar-refractivity contribution in [2.45, 2.75) is 236 Å². The van der Waals surface area contributed by atoms with Crippen molar-refractivity contribution in [3.63, 3.8) is 0 Å². The van der Waals surface area contributed by atoms with Gasteiger partial charge in [-0.3, -0.25) is 76.7 Å². The number of carboxylic acids is 2. The van der Waals surface area contributed by atoms with Crippen molar-refractivity contribution in [3.8, 4) is 5.75 Å². The number of rotatable bonds is 62. The number of amides is 15. The zero-order chi connectivity index (χ0) is 88.0. The summed E-state index contributed by atoms with van der Waals surface area (Å²) >= 11 is 1.99. The van der Waals surface area contributed by atoms with Crippen molar-refractivity contribution in [3.05, 3.63) is 29.8 Å². The van der Waals surface area contributed by atoms with Gasteiger partial charge < -0.3 is 115 Å². The fraction of sp³-hybridized carbons (Fsp3) is 0.705. The average Bonchev–Trinajstić information content (AvgIpc) is 0.845. The van der Waals surface area contributed by atoms with Crippen LogP contribution < -0.4 is 81.0 Å². The van der Waals surface area contributed by atoms with Crippen LogP contribution in [0.2, 0.25) is 0 Å². The zero-order valence-electron chi connectivity index (χ0n) is 68.7. The lowest BCUT2D eigenvalue weighted by Gasteiger charge is -2.29. The van der Waals surface area contributed by atoms with Crippen molar-refractivity contribution in [2.24, 2.45) is 23.1 Å². The van der Waals surface area contributed by atoms with E-state index in [-0.39, 0.29) is 164 Å². The Bertz CT molecular complexity index is 3310. The topological polar surface area (TPSA) is 610 Å². The number of nitrogens with one attached hydrogen (secondary N) is 12. The molecule has 0 saturated carbocycles. The molecule has 1 fully saturated rings. The molecule has 1 aromatic carbocycles. The highest BCUT2D eigenvalue weighted by Crippen LogP contribution is 2.18. The van der Waals surface area contributed by atoms with E-state index < -0.39 is 163 Å². The maximum Gasteiger partial charge on any atom is 0.326 e. The number of carbonyl (C=O) groups excluding carboxylic acids is 15. The summed E-state index contributed by atoms with van der Waals surface area (Å²) in [6.45, 7) is 3.86. The summed E-state index contributed by atoms with van der Waals surface area (Å²) in [5.41, 5.74) is 16.7. The van der Waals surface area contributed by atoms with Crippen LogP contribution in [0.4, 0.5) is 0 Å². The van der Waals surface area contributed by atoms with Gasteiger partial charge in [-0.05, 0) is 74.3 Å². The van der Waals surface area contributed by atoms with E-state index in [1.54, 1.807) is 13.8 Å². The summed E-state index contributed by atoms with van der Waals surface area (Å²) in [5, 5.41) is 58.7. The normalized spacial score (nSPS) is 17.0. The molecule has 0 bridgehead atoms. The summed E-state index contributed by atoms with van der Waals surface area (Å²) in [4.78, 5) is 219.